The van der Waals surface area contributed by atoms with E-state index in [9.17, 15) is 4.79 Å². The molecule has 0 unspecified atom stereocenters. The van der Waals surface area contributed by atoms with Crippen LogP contribution in [0.2, 0.25) is 0 Å². The Morgan fingerprint density at radius 2 is 1.62 bits per heavy atom. The number of rotatable bonds is 3. The van der Waals surface area contributed by atoms with Crippen LogP contribution in [0.3, 0.4) is 0 Å². The highest BCUT2D eigenvalue weighted by atomic mass is 79.9. The molecule has 0 spiro atoms. The molecular formula is C19H28BrN3O. The van der Waals surface area contributed by atoms with Gasteiger partial charge in [-0.25, -0.2) is 4.79 Å². The molecule has 2 saturated heterocycles. The van der Waals surface area contributed by atoms with Gasteiger partial charge in [0, 0.05) is 29.8 Å². The summed E-state index contributed by atoms with van der Waals surface area (Å²) in [5.74, 6) is 0.750. The van der Waals surface area contributed by atoms with Gasteiger partial charge in [0.15, 0.2) is 0 Å². The molecule has 0 aliphatic carbocycles. The van der Waals surface area contributed by atoms with Gasteiger partial charge >= 0.3 is 6.03 Å². The fourth-order valence-corrected chi connectivity index (χ4v) is 4.00. The smallest absolute Gasteiger partial charge is 0.321 e. The number of anilines is 1. The van der Waals surface area contributed by atoms with Gasteiger partial charge in [-0.2, -0.15) is 0 Å². The largest absolute Gasteiger partial charge is 0.325 e. The molecule has 2 fully saturated rings. The zero-order valence-corrected chi connectivity index (χ0v) is 15.9. The topological polar surface area (TPSA) is 35.6 Å². The van der Waals surface area contributed by atoms with E-state index >= 15 is 0 Å². The number of nitrogens with one attached hydrogen (secondary N) is 1. The Hall–Kier alpha value is -1.07. The standard InChI is InChI=1S/C19H28BrN3O/c20-17-5-7-18(8-6-17)21-19(24)23-13-9-16(10-14-23)15-22-11-3-1-2-4-12-22/h5-8,16H,1-4,9-15H2,(H,21,24). The van der Waals surface area contributed by atoms with Gasteiger partial charge in [-0.15, -0.1) is 0 Å². The zero-order chi connectivity index (χ0) is 16.8. The average molecular weight is 394 g/mol. The summed E-state index contributed by atoms with van der Waals surface area (Å²) in [6.07, 6.45) is 7.76. The number of likely N-dealkylation sites (tertiary alicyclic amines) is 2. The van der Waals surface area contributed by atoms with E-state index in [-0.39, 0.29) is 6.03 Å². The lowest BCUT2D eigenvalue weighted by Gasteiger charge is -2.34. The summed E-state index contributed by atoms with van der Waals surface area (Å²) < 4.78 is 1.02. The highest BCUT2D eigenvalue weighted by Gasteiger charge is 2.24. The van der Waals surface area contributed by atoms with Crippen molar-refractivity contribution in [1.29, 1.82) is 0 Å². The number of urea groups is 1. The van der Waals surface area contributed by atoms with Crippen LogP contribution in [0.4, 0.5) is 10.5 Å². The molecule has 0 saturated carbocycles. The third-order valence-electron chi connectivity index (χ3n) is 5.21. The van der Waals surface area contributed by atoms with Gasteiger partial charge in [-0.1, -0.05) is 28.8 Å². The number of halogens is 1. The average Bonchev–Trinajstić information content (AvgIpc) is 2.86. The molecule has 1 aromatic rings. The van der Waals surface area contributed by atoms with E-state index in [2.05, 4.69) is 26.1 Å². The number of benzene rings is 1. The Balaban J connectivity index is 1.42. The molecule has 5 heteroatoms. The van der Waals surface area contributed by atoms with E-state index in [1.807, 2.05) is 29.2 Å². The molecule has 2 heterocycles. The van der Waals surface area contributed by atoms with Gasteiger partial charge in [-0.3, -0.25) is 0 Å². The second-order valence-corrected chi connectivity index (χ2v) is 8.00. The first kappa shape index (κ1) is 17.7. The Morgan fingerprint density at radius 1 is 1.00 bits per heavy atom. The molecule has 2 amide bonds. The fourth-order valence-electron chi connectivity index (χ4n) is 3.74. The summed E-state index contributed by atoms with van der Waals surface area (Å²) in [5, 5.41) is 3.00. The van der Waals surface area contributed by atoms with Crippen molar-refractivity contribution in [3.05, 3.63) is 28.7 Å². The molecule has 132 valence electrons. The van der Waals surface area contributed by atoms with Crippen LogP contribution < -0.4 is 5.32 Å². The van der Waals surface area contributed by atoms with Crippen molar-refractivity contribution in [3.8, 4) is 0 Å². The lowest BCUT2D eigenvalue weighted by Crippen LogP contribution is -2.43. The van der Waals surface area contributed by atoms with Gasteiger partial charge in [0.1, 0.15) is 0 Å². The van der Waals surface area contributed by atoms with Crippen molar-refractivity contribution in [2.75, 3.05) is 38.0 Å². The first-order valence-electron chi connectivity index (χ1n) is 9.24. The fraction of sp³-hybridized carbons (Fsp3) is 0.632. The minimum Gasteiger partial charge on any atom is -0.325 e. The van der Waals surface area contributed by atoms with Crippen molar-refractivity contribution in [1.82, 2.24) is 9.80 Å². The molecule has 3 rings (SSSR count). The third-order valence-corrected chi connectivity index (χ3v) is 5.74. The number of carbonyl (C=O) groups excluding carboxylic acids is 1. The highest BCUT2D eigenvalue weighted by molar-refractivity contribution is 9.10. The second kappa shape index (κ2) is 8.86. The van der Waals surface area contributed by atoms with Gasteiger partial charge in [0.05, 0.1) is 0 Å². The van der Waals surface area contributed by atoms with Crippen LogP contribution in [0, 0.1) is 5.92 Å². The summed E-state index contributed by atoms with van der Waals surface area (Å²) >= 11 is 3.41. The normalized spacial score (nSPS) is 20.6. The Labute approximate surface area is 153 Å². The van der Waals surface area contributed by atoms with Gasteiger partial charge in [0.2, 0.25) is 0 Å². The highest BCUT2D eigenvalue weighted by Crippen LogP contribution is 2.21. The second-order valence-electron chi connectivity index (χ2n) is 7.08. The van der Waals surface area contributed by atoms with Crippen molar-refractivity contribution < 1.29 is 4.79 Å². The minimum absolute atomic E-state index is 0.0329. The summed E-state index contributed by atoms with van der Waals surface area (Å²) in [7, 11) is 0. The molecule has 2 aliphatic rings. The van der Waals surface area contributed by atoms with Crippen LogP contribution in [0.15, 0.2) is 28.7 Å². The maximum absolute atomic E-state index is 12.4. The van der Waals surface area contributed by atoms with Crippen molar-refractivity contribution in [2.45, 2.75) is 38.5 Å². The van der Waals surface area contributed by atoms with Crippen LogP contribution >= 0.6 is 15.9 Å². The molecule has 0 bridgehead atoms. The van der Waals surface area contributed by atoms with E-state index in [0.717, 1.165) is 42.0 Å². The number of piperidine rings is 1. The Bertz CT molecular complexity index is 518. The number of hydrogen-bond acceptors (Lipinski definition) is 2. The monoisotopic (exact) mass is 393 g/mol. The van der Waals surface area contributed by atoms with Crippen LogP contribution in [-0.4, -0.2) is 48.6 Å². The van der Waals surface area contributed by atoms with Crippen LogP contribution in [0.1, 0.15) is 38.5 Å². The molecule has 1 aromatic carbocycles. The molecule has 1 N–H and O–H groups in total. The number of nitrogens with zero attached hydrogens (tertiary/aromatic N) is 2. The van der Waals surface area contributed by atoms with E-state index < -0.39 is 0 Å². The van der Waals surface area contributed by atoms with Crippen molar-refractivity contribution >= 4 is 27.6 Å². The lowest BCUT2D eigenvalue weighted by molar-refractivity contribution is 0.155. The number of amides is 2. The van der Waals surface area contributed by atoms with E-state index in [1.165, 1.54) is 45.3 Å². The van der Waals surface area contributed by atoms with Crippen LogP contribution in [0.25, 0.3) is 0 Å². The summed E-state index contributed by atoms with van der Waals surface area (Å²) in [6.45, 7) is 5.51. The molecule has 4 nitrogen and oxygen atoms in total. The van der Waals surface area contributed by atoms with E-state index in [0.29, 0.717) is 0 Å². The predicted octanol–water partition coefficient (Wildman–Crippen LogP) is 4.57. The molecule has 0 radical (unpaired) electrons. The summed E-state index contributed by atoms with van der Waals surface area (Å²) in [6, 6.07) is 7.78. The zero-order valence-electron chi connectivity index (χ0n) is 14.3. The Kier molecular flexibility index (Phi) is 6.55. The Morgan fingerprint density at radius 3 is 2.25 bits per heavy atom. The third kappa shape index (κ3) is 5.21. The summed E-state index contributed by atoms with van der Waals surface area (Å²) in [4.78, 5) is 17.0. The van der Waals surface area contributed by atoms with E-state index in [1.54, 1.807) is 0 Å². The van der Waals surface area contributed by atoms with Crippen molar-refractivity contribution in [2.24, 2.45) is 5.92 Å². The van der Waals surface area contributed by atoms with Crippen LogP contribution in [-0.2, 0) is 0 Å². The van der Waals surface area contributed by atoms with Gasteiger partial charge in [0.25, 0.3) is 0 Å². The lowest BCUT2D eigenvalue weighted by atomic mass is 9.96. The number of hydrogen-bond donors (Lipinski definition) is 1. The summed E-state index contributed by atoms with van der Waals surface area (Å²) in [5.41, 5.74) is 0.856. The quantitative estimate of drug-likeness (QED) is 0.815. The SMILES string of the molecule is O=C(Nc1ccc(Br)cc1)N1CCC(CN2CCCCCC2)CC1. The maximum atomic E-state index is 12.4. The van der Waals surface area contributed by atoms with Crippen molar-refractivity contribution in [3.63, 3.8) is 0 Å². The van der Waals surface area contributed by atoms with Crippen LogP contribution in [0.5, 0.6) is 0 Å². The van der Waals surface area contributed by atoms with E-state index in [4.69, 9.17) is 0 Å². The molecule has 24 heavy (non-hydrogen) atoms. The molecule has 0 atom stereocenters. The first-order valence-corrected chi connectivity index (χ1v) is 10.0. The first-order chi connectivity index (χ1) is 11.7. The van der Waals surface area contributed by atoms with Gasteiger partial charge < -0.3 is 15.1 Å². The molecule has 2 aliphatic heterocycles. The maximum Gasteiger partial charge on any atom is 0.321 e. The predicted molar refractivity (Wildman–Crippen MR) is 102 cm³/mol. The molecule has 0 aromatic heterocycles. The molecular weight excluding hydrogens is 366 g/mol. The number of carbonyl (C=O) groups is 1. The van der Waals surface area contributed by atoms with Gasteiger partial charge in [-0.05, 0) is 69.0 Å². The minimum atomic E-state index is 0.0329.